The van der Waals surface area contributed by atoms with Crippen molar-refractivity contribution in [2.24, 2.45) is 11.8 Å². The minimum Gasteiger partial charge on any atom is -0.465 e. The van der Waals surface area contributed by atoms with Crippen LogP contribution in [0.5, 0.6) is 0 Å². The second-order valence-corrected chi connectivity index (χ2v) is 11.0. The van der Waals surface area contributed by atoms with Crippen molar-refractivity contribution in [2.75, 3.05) is 37.6 Å². The fourth-order valence-corrected chi connectivity index (χ4v) is 6.17. The molecule has 1 aliphatic heterocycles. The van der Waals surface area contributed by atoms with Gasteiger partial charge in [-0.1, -0.05) is 19.4 Å². The van der Waals surface area contributed by atoms with Crippen LogP contribution in [-0.2, 0) is 6.18 Å². The number of nitrogens with one attached hydrogen (secondary N) is 1. The van der Waals surface area contributed by atoms with E-state index in [0.717, 1.165) is 66.6 Å². The number of carboxylic acid groups (broad SMARTS) is 1. The number of carbonyl (C=O) groups is 1. The fourth-order valence-electron chi connectivity index (χ4n) is 5.16. The summed E-state index contributed by atoms with van der Waals surface area (Å²) in [6.07, 6.45) is 3.23. The molecule has 3 aliphatic rings. The summed E-state index contributed by atoms with van der Waals surface area (Å²) < 4.78 is 39.2. The molecule has 2 aromatic rings. The number of fused-ring (bicyclic) bond motifs is 1. The monoisotopic (exact) mass is 511 g/mol. The van der Waals surface area contributed by atoms with Crippen LogP contribution in [-0.4, -0.2) is 54.9 Å². The first kappa shape index (κ1) is 26.1. The number of hydrogen-bond donors (Lipinski definition) is 2. The first-order valence-electron chi connectivity index (χ1n) is 12.8. The highest BCUT2D eigenvalue weighted by molar-refractivity contribution is 7.17. The largest absolute Gasteiger partial charge is 0.465 e. The third kappa shape index (κ3) is 7.26. The number of amides is 1. The first-order valence-corrected chi connectivity index (χ1v) is 13.7. The molecule has 1 saturated heterocycles. The zero-order chi connectivity index (χ0) is 25.0. The highest BCUT2D eigenvalue weighted by Crippen LogP contribution is 2.38. The lowest BCUT2D eigenvalue weighted by atomic mass is 9.85. The Kier molecular flexibility index (Phi) is 8.47. The molecule has 194 valence electrons. The predicted octanol–water partition coefficient (Wildman–Crippen LogP) is 6.67. The molecule has 5 rings (SSSR count). The van der Waals surface area contributed by atoms with Crippen molar-refractivity contribution in [3.8, 4) is 0 Å². The van der Waals surface area contributed by atoms with Crippen molar-refractivity contribution in [1.82, 2.24) is 10.2 Å². The number of nitrogens with zero attached hydrogens (tertiary/aromatic N) is 2. The van der Waals surface area contributed by atoms with E-state index in [0.29, 0.717) is 0 Å². The summed E-state index contributed by atoms with van der Waals surface area (Å²) in [5.41, 5.74) is 0.525. The summed E-state index contributed by atoms with van der Waals surface area (Å²) in [6, 6.07) is 4.31. The van der Waals surface area contributed by atoms with E-state index in [1.165, 1.54) is 62.1 Å². The van der Waals surface area contributed by atoms with Gasteiger partial charge in [0.2, 0.25) is 0 Å². The Bertz CT molecular complexity index is 976. The van der Waals surface area contributed by atoms with E-state index in [1.807, 2.05) is 5.38 Å². The van der Waals surface area contributed by atoms with E-state index in [4.69, 9.17) is 5.11 Å². The molecule has 1 aromatic carbocycles. The minimum atomic E-state index is -4.27. The Morgan fingerprint density at radius 2 is 1.71 bits per heavy atom. The van der Waals surface area contributed by atoms with Gasteiger partial charge >= 0.3 is 12.3 Å². The van der Waals surface area contributed by atoms with Crippen molar-refractivity contribution < 1.29 is 23.1 Å². The number of piperazine rings is 1. The molecule has 0 atom stereocenters. The van der Waals surface area contributed by atoms with Gasteiger partial charge in [-0.2, -0.15) is 13.2 Å². The maximum atomic E-state index is 12.8. The molecule has 0 spiro atoms. The summed E-state index contributed by atoms with van der Waals surface area (Å²) >= 11 is 1.40. The van der Waals surface area contributed by atoms with Crippen LogP contribution < -0.4 is 10.2 Å². The molecular weight excluding hydrogens is 475 g/mol. The van der Waals surface area contributed by atoms with E-state index in [-0.39, 0.29) is 6.04 Å². The van der Waals surface area contributed by atoms with Gasteiger partial charge in [-0.15, -0.1) is 11.3 Å². The molecule has 0 bridgehead atoms. The van der Waals surface area contributed by atoms with Gasteiger partial charge in [0.25, 0.3) is 0 Å². The second kappa shape index (κ2) is 11.4. The van der Waals surface area contributed by atoms with Gasteiger partial charge in [0.05, 0.1) is 11.3 Å². The van der Waals surface area contributed by atoms with Crippen LogP contribution in [0.15, 0.2) is 23.6 Å². The van der Waals surface area contributed by atoms with Gasteiger partial charge in [0.1, 0.15) is 0 Å². The van der Waals surface area contributed by atoms with Crippen molar-refractivity contribution >= 4 is 33.2 Å². The normalized spacial score (nSPS) is 23.6. The number of rotatable bonds is 5. The molecule has 0 radical (unpaired) electrons. The topological polar surface area (TPSA) is 55.8 Å². The van der Waals surface area contributed by atoms with Crippen LogP contribution in [0.25, 0.3) is 10.1 Å². The molecule has 0 unspecified atom stereocenters. The maximum absolute atomic E-state index is 12.8. The number of thiophene rings is 1. The lowest BCUT2D eigenvalue weighted by Gasteiger charge is -2.36. The quantitative estimate of drug-likeness (QED) is 0.471. The van der Waals surface area contributed by atoms with Crippen LogP contribution in [0.4, 0.5) is 23.7 Å². The van der Waals surface area contributed by atoms with E-state index >= 15 is 0 Å². The van der Waals surface area contributed by atoms with Crippen LogP contribution in [0, 0.1) is 11.8 Å². The number of halogens is 3. The van der Waals surface area contributed by atoms with E-state index < -0.39 is 17.8 Å². The van der Waals surface area contributed by atoms with Gasteiger partial charge in [-0.25, -0.2) is 4.79 Å². The average Bonchev–Trinajstić information content (AvgIpc) is 3.54. The van der Waals surface area contributed by atoms with Gasteiger partial charge in [-0.05, 0) is 62.5 Å². The third-order valence-corrected chi connectivity index (χ3v) is 8.49. The van der Waals surface area contributed by atoms with E-state index in [2.05, 4.69) is 22.0 Å². The highest BCUT2D eigenvalue weighted by atomic mass is 32.1. The molecular formula is C26H36F3N3O2S. The van der Waals surface area contributed by atoms with Crippen LogP contribution in [0.3, 0.4) is 0 Å². The molecule has 2 saturated carbocycles. The van der Waals surface area contributed by atoms with Gasteiger partial charge in [0, 0.05) is 54.2 Å². The van der Waals surface area contributed by atoms with Crippen molar-refractivity contribution in [2.45, 2.75) is 64.1 Å². The summed E-state index contributed by atoms with van der Waals surface area (Å²) in [4.78, 5) is 15.1. The van der Waals surface area contributed by atoms with Crippen LogP contribution in [0.2, 0.25) is 0 Å². The summed E-state index contributed by atoms with van der Waals surface area (Å²) in [6.45, 7) is 7.44. The third-order valence-electron chi connectivity index (χ3n) is 7.56. The van der Waals surface area contributed by atoms with Gasteiger partial charge in [-0.3, -0.25) is 4.90 Å². The lowest BCUT2D eigenvalue weighted by Crippen LogP contribution is -2.46. The molecule has 9 heteroatoms. The molecule has 2 aliphatic carbocycles. The Morgan fingerprint density at radius 1 is 1.06 bits per heavy atom. The van der Waals surface area contributed by atoms with Crippen molar-refractivity contribution in [3.63, 3.8) is 0 Å². The maximum Gasteiger partial charge on any atom is 0.416 e. The highest BCUT2D eigenvalue weighted by Gasteiger charge is 2.31. The molecule has 2 heterocycles. The average molecular weight is 512 g/mol. The minimum absolute atomic E-state index is 0.213. The lowest BCUT2D eigenvalue weighted by molar-refractivity contribution is -0.137. The van der Waals surface area contributed by atoms with E-state index in [9.17, 15) is 18.0 Å². The van der Waals surface area contributed by atoms with Crippen molar-refractivity contribution in [1.29, 1.82) is 0 Å². The zero-order valence-corrected chi connectivity index (χ0v) is 21.1. The number of benzene rings is 1. The Morgan fingerprint density at radius 3 is 2.29 bits per heavy atom. The number of alkyl halides is 3. The molecule has 3 fully saturated rings. The Labute approximate surface area is 209 Å². The van der Waals surface area contributed by atoms with Gasteiger partial charge in [0.15, 0.2) is 0 Å². The molecule has 1 aromatic heterocycles. The Balaban J connectivity index is 0.000000204. The fraction of sp³-hybridized carbons (Fsp3) is 0.654. The predicted molar refractivity (Wildman–Crippen MR) is 135 cm³/mol. The van der Waals surface area contributed by atoms with Crippen LogP contribution >= 0.6 is 11.3 Å². The number of hydrogen-bond acceptors (Lipinski definition) is 4. The smallest absolute Gasteiger partial charge is 0.416 e. The zero-order valence-electron chi connectivity index (χ0n) is 20.3. The van der Waals surface area contributed by atoms with Gasteiger partial charge < -0.3 is 15.3 Å². The van der Waals surface area contributed by atoms with E-state index in [1.54, 1.807) is 6.07 Å². The summed E-state index contributed by atoms with van der Waals surface area (Å²) in [5.74, 6) is 1.74. The van der Waals surface area contributed by atoms with Crippen LogP contribution in [0.1, 0.15) is 57.4 Å². The summed E-state index contributed by atoms with van der Waals surface area (Å²) in [5, 5.41) is 14.0. The number of anilines is 1. The second-order valence-electron chi connectivity index (χ2n) is 10.1. The molecule has 5 nitrogen and oxygen atoms in total. The SMILES string of the molecule is CCC1CCC(NC(=O)O)CC1.FC(F)(F)c1ccc2c(N3CCN(CC4CC4)CC3)csc2c1. The Hall–Kier alpha value is -2.00. The first-order chi connectivity index (χ1) is 16.7. The molecule has 1 amide bonds. The standard InChI is InChI=1S/C17H19F3N2S.C9H17NO2/c18-17(19,20)13-3-4-14-15(11-23-16(14)9-13)22-7-5-21(6-8-22)10-12-1-2-12;1-2-7-3-5-8(6-4-7)10-9(11)12/h3-4,9,11-12H,1-2,5-8,10H2;7-8,10H,2-6H2,1H3,(H,11,12). The summed E-state index contributed by atoms with van der Waals surface area (Å²) in [7, 11) is 0. The van der Waals surface area contributed by atoms with Crippen molar-refractivity contribution in [3.05, 3.63) is 29.1 Å². The molecule has 2 N–H and O–H groups in total. The molecule has 35 heavy (non-hydrogen) atoms.